The summed E-state index contributed by atoms with van der Waals surface area (Å²) < 4.78 is 18.4. The Labute approximate surface area is 122 Å². The van der Waals surface area contributed by atoms with E-state index in [4.69, 9.17) is 16.3 Å². The molecule has 0 heterocycles. The molecule has 0 bridgehead atoms. The van der Waals surface area contributed by atoms with Gasteiger partial charge in [0, 0.05) is 6.54 Å². The number of hydrogen-bond donors (Lipinski definition) is 1. The van der Waals surface area contributed by atoms with Gasteiger partial charge in [0.2, 0.25) is 0 Å². The Kier molecular flexibility index (Phi) is 5.95. The van der Waals surface area contributed by atoms with E-state index in [1.54, 1.807) is 0 Å². The van der Waals surface area contributed by atoms with Crippen molar-refractivity contribution in [1.82, 2.24) is 5.32 Å². The Hall–Kier alpha value is -1.62. The molecule has 0 saturated carbocycles. The van der Waals surface area contributed by atoms with E-state index in [2.05, 4.69) is 5.32 Å². The summed E-state index contributed by atoms with van der Waals surface area (Å²) in [6.07, 6.45) is -1.02. The van der Waals surface area contributed by atoms with Crippen LogP contribution in [0.1, 0.15) is 31.1 Å². The molecule has 1 N–H and O–H groups in total. The van der Waals surface area contributed by atoms with Crippen LogP contribution in [0.2, 0.25) is 5.02 Å². The van der Waals surface area contributed by atoms with Crippen LogP contribution in [0.4, 0.5) is 4.39 Å². The highest BCUT2D eigenvalue weighted by molar-refractivity contribution is 6.33. The van der Waals surface area contributed by atoms with Crippen molar-refractivity contribution in [1.29, 1.82) is 0 Å². The normalized spacial score (nSPS) is 12.1. The summed E-state index contributed by atoms with van der Waals surface area (Å²) in [6.45, 7) is 5.77. The molecule has 0 aliphatic heterocycles. The van der Waals surface area contributed by atoms with Crippen LogP contribution in [-0.2, 0) is 9.53 Å². The summed E-state index contributed by atoms with van der Waals surface area (Å²) in [6, 6.07) is 3.87. The van der Waals surface area contributed by atoms with Crippen LogP contribution in [0.5, 0.6) is 0 Å². The van der Waals surface area contributed by atoms with Crippen LogP contribution < -0.4 is 5.32 Å². The molecule has 1 rings (SSSR count). The van der Waals surface area contributed by atoms with Gasteiger partial charge < -0.3 is 10.1 Å². The van der Waals surface area contributed by atoms with Crippen LogP contribution in [0.15, 0.2) is 18.2 Å². The topological polar surface area (TPSA) is 55.4 Å². The van der Waals surface area contributed by atoms with E-state index in [0.29, 0.717) is 6.54 Å². The molecule has 6 heteroatoms. The molecule has 1 unspecified atom stereocenters. The zero-order chi connectivity index (χ0) is 15.3. The second-order valence-electron chi connectivity index (χ2n) is 4.78. The minimum absolute atomic E-state index is 0.0511. The first-order valence-corrected chi connectivity index (χ1v) is 6.63. The second-order valence-corrected chi connectivity index (χ2v) is 5.19. The van der Waals surface area contributed by atoms with Gasteiger partial charge in [-0.2, -0.15) is 0 Å². The van der Waals surface area contributed by atoms with Gasteiger partial charge >= 0.3 is 5.97 Å². The smallest absolute Gasteiger partial charge is 0.343 e. The summed E-state index contributed by atoms with van der Waals surface area (Å²) in [5.74, 6) is -1.89. The predicted molar refractivity (Wildman–Crippen MR) is 74.1 cm³/mol. The van der Waals surface area contributed by atoms with Crippen molar-refractivity contribution in [2.45, 2.75) is 26.9 Å². The lowest BCUT2D eigenvalue weighted by Gasteiger charge is -2.15. The molecule has 110 valence electrons. The van der Waals surface area contributed by atoms with E-state index in [-0.39, 0.29) is 16.5 Å². The molecular formula is C14H17ClFNO3. The number of carbonyl (C=O) groups is 2. The molecule has 0 saturated heterocycles. The third kappa shape index (κ3) is 4.49. The Balaban J connectivity index is 2.68. The molecule has 4 nitrogen and oxygen atoms in total. The molecule has 1 atom stereocenters. The van der Waals surface area contributed by atoms with Crippen molar-refractivity contribution in [3.63, 3.8) is 0 Å². The molecule has 1 aromatic rings. The van der Waals surface area contributed by atoms with Crippen molar-refractivity contribution in [2.75, 3.05) is 6.54 Å². The van der Waals surface area contributed by atoms with Gasteiger partial charge in [0.05, 0.1) is 5.02 Å². The third-order valence-corrected chi connectivity index (χ3v) is 2.82. The first kappa shape index (κ1) is 16.4. The standard InChI is InChI=1S/C14H17ClFNO3/c1-8(2)7-17-13(18)9(3)20-14(19)12-10(15)5-4-6-11(12)16/h4-6,8-9H,7H2,1-3H3,(H,17,18). The number of nitrogens with one attached hydrogen (secondary N) is 1. The van der Waals surface area contributed by atoms with Gasteiger partial charge in [-0.1, -0.05) is 31.5 Å². The lowest BCUT2D eigenvalue weighted by Crippen LogP contribution is -2.37. The van der Waals surface area contributed by atoms with Crippen molar-refractivity contribution >= 4 is 23.5 Å². The highest BCUT2D eigenvalue weighted by atomic mass is 35.5. The summed E-state index contributed by atoms with van der Waals surface area (Å²) in [4.78, 5) is 23.5. The molecular weight excluding hydrogens is 285 g/mol. The van der Waals surface area contributed by atoms with E-state index in [1.165, 1.54) is 19.1 Å². The molecule has 0 radical (unpaired) electrons. The van der Waals surface area contributed by atoms with Crippen molar-refractivity contribution in [3.8, 4) is 0 Å². The lowest BCUT2D eigenvalue weighted by atomic mass is 10.2. The number of hydrogen-bond acceptors (Lipinski definition) is 3. The number of esters is 1. The second kappa shape index (κ2) is 7.24. The molecule has 1 amide bonds. The third-order valence-electron chi connectivity index (χ3n) is 2.50. The van der Waals surface area contributed by atoms with Crippen molar-refractivity contribution < 1.29 is 18.7 Å². The van der Waals surface area contributed by atoms with E-state index in [1.807, 2.05) is 13.8 Å². The predicted octanol–water partition coefficient (Wildman–Crippen LogP) is 2.80. The van der Waals surface area contributed by atoms with Crippen LogP contribution in [0.3, 0.4) is 0 Å². The Morgan fingerprint density at radius 2 is 2.00 bits per heavy atom. The molecule has 0 aliphatic rings. The monoisotopic (exact) mass is 301 g/mol. The average molecular weight is 302 g/mol. The fraction of sp³-hybridized carbons (Fsp3) is 0.429. The number of amides is 1. The van der Waals surface area contributed by atoms with Crippen LogP contribution >= 0.6 is 11.6 Å². The maximum Gasteiger partial charge on any atom is 0.343 e. The zero-order valence-corrected chi connectivity index (χ0v) is 12.3. The number of carbonyl (C=O) groups excluding carboxylic acids is 2. The number of benzene rings is 1. The average Bonchev–Trinajstić information content (AvgIpc) is 2.35. The SMILES string of the molecule is CC(C)CNC(=O)C(C)OC(=O)c1c(F)cccc1Cl. The van der Waals surface area contributed by atoms with E-state index < -0.39 is 23.8 Å². The minimum atomic E-state index is -1.02. The summed E-state index contributed by atoms with van der Waals surface area (Å²) in [7, 11) is 0. The largest absolute Gasteiger partial charge is 0.449 e. The highest BCUT2D eigenvalue weighted by Gasteiger charge is 2.23. The fourth-order valence-corrected chi connectivity index (χ4v) is 1.65. The summed E-state index contributed by atoms with van der Waals surface area (Å²) >= 11 is 5.75. The van der Waals surface area contributed by atoms with Crippen molar-refractivity contribution in [3.05, 3.63) is 34.6 Å². The van der Waals surface area contributed by atoms with E-state index in [9.17, 15) is 14.0 Å². The Morgan fingerprint density at radius 1 is 1.35 bits per heavy atom. The van der Waals surface area contributed by atoms with E-state index >= 15 is 0 Å². The molecule has 0 fully saturated rings. The van der Waals surface area contributed by atoms with Gasteiger partial charge in [0.25, 0.3) is 5.91 Å². The van der Waals surface area contributed by atoms with Gasteiger partial charge in [0.15, 0.2) is 6.10 Å². The number of rotatable bonds is 5. The maximum atomic E-state index is 13.5. The molecule has 0 aliphatic carbocycles. The van der Waals surface area contributed by atoms with Crippen molar-refractivity contribution in [2.24, 2.45) is 5.92 Å². The zero-order valence-electron chi connectivity index (χ0n) is 11.6. The number of ether oxygens (including phenoxy) is 1. The van der Waals surface area contributed by atoms with Gasteiger partial charge in [-0.25, -0.2) is 9.18 Å². The molecule has 0 aromatic heterocycles. The first-order valence-electron chi connectivity index (χ1n) is 6.25. The van der Waals surface area contributed by atoms with Crippen LogP contribution in [-0.4, -0.2) is 24.5 Å². The fourth-order valence-electron chi connectivity index (χ4n) is 1.41. The lowest BCUT2D eigenvalue weighted by molar-refractivity contribution is -0.129. The molecule has 0 spiro atoms. The Morgan fingerprint density at radius 3 is 2.55 bits per heavy atom. The molecule has 1 aromatic carbocycles. The van der Waals surface area contributed by atoms with Gasteiger partial charge in [0.1, 0.15) is 11.4 Å². The first-order chi connectivity index (χ1) is 9.32. The molecule has 20 heavy (non-hydrogen) atoms. The van der Waals surface area contributed by atoms with Gasteiger partial charge in [-0.15, -0.1) is 0 Å². The summed E-state index contributed by atoms with van der Waals surface area (Å²) in [5.41, 5.74) is -0.363. The van der Waals surface area contributed by atoms with Gasteiger partial charge in [-0.05, 0) is 25.0 Å². The Bertz CT molecular complexity index is 485. The van der Waals surface area contributed by atoms with Gasteiger partial charge in [-0.3, -0.25) is 4.79 Å². The highest BCUT2D eigenvalue weighted by Crippen LogP contribution is 2.20. The maximum absolute atomic E-state index is 13.5. The van der Waals surface area contributed by atoms with E-state index in [0.717, 1.165) is 6.07 Å². The number of halogens is 2. The quantitative estimate of drug-likeness (QED) is 0.851. The van der Waals surface area contributed by atoms with Crippen LogP contribution in [0, 0.1) is 11.7 Å². The van der Waals surface area contributed by atoms with Crippen LogP contribution in [0.25, 0.3) is 0 Å². The minimum Gasteiger partial charge on any atom is -0.449 e. The summed E-state index contributed by atoms with van der Waals surface area (Å²) in [5, 5.41) is 2.57.